The largest absolute Gasteiger partial charge is 0.310 e. The number of hydrogen-bond donors (Lipinski definition) is 1. The van der Waals surface area contributed by atoms with Gasteiger partial charge in [0.05, 0.1) is 19.3 Å². The molecule has 0 unspecified atom stereocenters. The lowest BCUT2D eigenvalue weighted by molar-refractivity contribution is -0.117. The van der Waals surface area contributed by atoms with Gasteiger partial charge in [-0.15, -0.1) is 11.3 Å². The van der Waals surface area contributed by atoms with E-state index in [1.165, 1.54) is 12.1 Å². The quantitative estimate of drug-likeness (QED) is 0.622. The van der Waals surface area contributed by atoms with Crippen LogP contribution in [0.1, 0.15) is 23.3 Å². The molecule has 5 nitrogen and oxygen atoms in total. The molecule has 1 fully saturated rings. The third-order valence-electron chi connectivity index (χ3n) is 4.67. The minimum Gasteiger partial charge on any atom is -0.310 e. The highest BCUT2D eigenvalue weighted by Crippen LogP contribution is 2.28. The molecule has 1 aromatic carbocycles. The first kappa shape index (κ1) is 18.8. The van der Waals surface area contributed by atoms with Gasteiger partial charge in [-0.1, -0.05) is 12.1 Å². The number of benzene rings is 1. The Morgan fingerprint density at radius 3 is 2.86 bits per heavy atom. The van der Waals surface area contributed by atoms with Gasteiger partial charge in [0.1, 0.15) is 17.5 Å². The van der Waals surface area contributed by atoms with Crippen LogP contribution in [0.5, 0.6) is 0 Å². The molecule has 3 aromatic rings. The lowest BCUT2D eigenvalue weighted by Crippen LogP contribution is -2.35. The Kier molecular flexibility index (Phi) is 5.50. The summed E-state index contributed by atoms with van der Waals surface area (Å²) in [7, 11) is 0. The van der Waals surface area contributed by atoms with Gasteiger partial charge in [-0.25, -0.2) is 13.5 Å². The highest BCUT2D eigenvalue weighted by molar-refractivity contribution is 7.09. The van der Waals surface area contributed by atoms with Crippen molar-refractivity contribution in [2.45, 2.75) is 32.0 Å². The zero-order chi connectivity index (χ0) is 19.5. The molecule has 0 spiro atoms. The van der Waals surface area contributed by atoms with Gasteiger partial charge >= 0.3 is 0 Å². The maximum Gasteiger partial charge on any atom is 0.239 e. The summed E-state index contributed by atoms with van der Waals surface area (Å²) in [4.78, 5) is 15.7. The summed E-state index contributed by atoms with van der Waals surface area (Å²) in [6.45, 7) is 1.01. The highest BCUT2D eigenvalue weighted by atomic mass is 32.1. The molecule has 0 saturated heterocycles. The molecule has 8 heteroatoms. The van der Waals surface area contributed by atoms with Gasteiger partial charge in [-0.2, -0.15) is 5.10 Å². The molecule has 2 heterocycles. The minimum absolute atomic E-state index is 0.145. The van der Waals surface area contributed by atoms with E-state index in [1.807, 2.05) is 22.4 Å². The van der Waals surface area contributed by atoms with E-state index in [4.69, 9.17) is 0 Å². The molecule has 0 aliphatic heterocycles. The molecular formula is C20H20F2N4OS. The molecule has 0 radical (unpaired) electrons. The molecular weight excluding hydrogens is 382 g/mol. The number of thiophene rings is 1. The number of halogens is 2. The van der Waals surface area contributed by atoms with Crippen molar-refractivity contribution in [3.8, 4) is 0 Å². The first-order chi connectivity index (χ1) is 13.6. The van der Waals surface area contributed by atoms with Crippen molar-refractivity contribution in [2.24, 2.45) is 0 Å². The molecule has 0 atom stereocenters. The molecule has 1 aliphatic rings. The van der Waals surface area contributed by atoms with E-state index in [-0.39, 0.29) is 25.0 Å². The monoisotopic (exact) mass is 402 g/mol. The smallest absolute Gasteiger partial charge is 0.239 e. The molecule has 1 N–H and O–H groups in total. The van der Waals surface area contributed by atoms with Crippen LogP contribution in [0.3, 0.4) is 0 Å². The van der Waals surface area contributed by atoms with E-state index >= 15 is 0 Å². The highest BCUT2D eigenvalue weighted by Gasteiger charge is 2.31. The number of amides is 1. The Hall–Kier alpha value is -2.58. The Bertz CT molecular complexity index is 953. The Balaban J connectivity index is 1.40. The van der Waals surface area contributed by atoms with Crippen LogP contribution in [0, 0.1) is 11.6 Å². The van der Waals surface area contributed by atoms with Gasteiger partial charge < -0.3 is 5.32 Å². The van der Waals surface area contributed by atoms with Gasteiger partial charge in [0.25, 0.3) is 0 Å². The molecule has 4 rings (SSSR count). The molecule has 1 aliphatic carbocycles. The van der Waals surface area contributed by atoms with Crippen molar-refractivity contribution >= 4 is 23.1 Å². The Morgan fingerprint density at radius 1 is 1.29 bits per heavy atom. The number of aromatic nitrogens is 2. The first-order valence-corrected chi connectivity index (χ1v) is 9.98. The van der Waals surface area contributed by atoms with Crippen molar-refractivity contribution in [3.05, 3.63) is 70.1 Å². The van der Waals surface area contributed by atoms with E-state index in [0.717, 1.165) is 23.8 Å². The van der Waals surface area contributed by atoms with E-state index in [9.17, 15) is 13.6 Å². The van der Waals surface area contributed by atoms with Crippen LogP contribution in [0.25, 0.3) is 0 Å². The second kappa shape index (κ2) is 8.20. The maximum atomic E-state index is 14.0. The Morgan fingerprint density at radius 2 is 2.14 bits per heavy atom. The van der Waals surface area contributed by atoms with Crippen LogP contribution >= 0.6 is 11.3 Å². The maximum absolute atomic E-state index is 14.0. The molecule has 146 valence electrons. The zero-order valence-corrected chi connectivity index (χ0v) is 16.0. The first-order valence-electron chi connectivity index (χ1n) is 9.10. The van der Waals surface area contributed by atoms with E-state index in [1.54, 1.807) is 28.3 Å². The summed E-state index contributed by atoms with van der Waals surface area (Å²) >= 11 is 1.63. The van der Waals surface area contributed by atoms with Crippen molar-refractivity contribution in [3.63, 3.8) is 0 Å². The van der Waals surface area contributed by atoms with E-state index in [2.05, 4.69) is 10.4 Å². The van der Waals surface area contributed by atoms with Crippen LogP contribution in [-0.2, 0) is 17.9 Å². The van der Waals surface area contributed by atoms with Gasteiger partial charge in [0.2, 0.25) is 5.91 Å². The summed E-state index contributed by atoms with van der Waals surface area (Å²) in [5.41, 5.74) is 0.392. The summed E-state index contributed by atoms with van der Waals surface area (Å²) < 4.78 is 28.9. The van der Waals surface area contributed by atoms with E-state index < -0.39 is 11.6 Å². The summed E-state index contributed by atoms with van der Waals surface area (Å²) in [6, 6.07) is 9.57. The topological polar surface area (TPSA) is 50.2 Å². The number of nitrogens with zero attached hydrogens (tertiary/aromatic N) is 3. The van der Waals surface area contributed by atoms with Crippen LogP contribution < -0.4 is 5.32 Å². The summed E-state index contributed by atoms with van der Waals surface area (Å²) in [5.74, 6) is -0.736. The minimum atomic E-state index is -0.601. The van der Waals surface area contributed by atoms with Gasteiger partial charge in [0, 0.05) is 35.2 Å². The van der Waals surface area contributed by atoms with Crippen molar-refractivity contribution in [1.29, 1.82) is 0 Å². The van der Waals surface area contributed by atoms with Crippen molar-refractivity contribution in [1.82, 2.24) is 14.7 Å². The number of nitrogens with one attached hydrogen (secondary N) is 1. The molecule has 2 aromatic heterocycles. The predicted octanol–water partition coefficient (Wildman–Crippen LogP) is 3.87. The SMILES string of the molecule is O=C(CN(Cc1ccc(F)cc1F)C1CC1)Nc1ccnn1Cc1cccs1. The molecule has 0 bridgehead atoms. The number of anilines is 1. The predicted molar refractivity (Wildman–Crippen MR) is 104 cm³/mol. The average Bonchev–Trinajstić information content (AvgIpc) is 3.22. The number of carbonyl (C=O) groups excluding carboxylic acids is 1. The van der Waals surface area contributed by atoms with Gasteiger partial charge in [-0.05, 0) is 30.4 Å². The Labute approximate surface area is 165 Å². The second-order valence-corrected chi connectivity index (χ2v) is 7.91. The van der Waals surface area contributed by atoms with E-state index in [0.29, 0.717) is 17.9 Å². The van der Waals surface area contributed by atoms with Crippen LogP contribution in [0.4, 0.5) is 14.6 Å². The number of rotatable bonds is 8. The molecule has 1 saturated carbocycles. The third kappa shape index (κ3) is 4.63. The normalized spacial score (nSPS) is 13.8. The molecule has 1 amide bonds. The fourth-order valence-corrected chi connectivity index (χ4v) is 3.79. The van der Waals surface area contributed by atoms with Crippen molar-refractivity contribution < 1.29 is 13.6 Å². The lowest BCUT2D eigenvalue weighted by Gasteiger charge is -2.22. The van der Waals surface area contributed by atoms with Crippen LogP contribution in [0.15, 0.2) is 48.0 Å². The third-order valence-corrected chi connectivity index (χ3v) is 5.53. The summed E-state index contributed by atoms with van der Waals surface area (Å²) in [5, 5.41) is 9.16. The lowest BCUT2D eigenvalue weighted by atomic mass is 10.2. The summed E-state index contributed by atoms with van der Waals surface area (Å²) in [6.07, 6.45) is 3.61. The second-order valence-electron chi connectivity index (χ2n) is 6.87. The van der Waals surface area contributed by atoms with Crippen molar-refractivity contribution in [2.75, 3.05) is 11.9 Å². The van der Waals surface area contributed by atoms with Gasteiger partial charge in [0.15, 0.2) is 0 Å². The van der Waals surface area contributed by atoms with Crippen LogP contribution in [0.2, 0.25) is 0 Å². The van der Waals surface area contributed by atoms with Crippen LogP contribution in [-0.4, -0.2) is 33.2 Å². The zero-order valence-electron chi connectivity index (χ0n) is 15.1. The average molecular weight is 402 g/mol. The van der Waals surface area contributed by atoms with Gasteiger partial charge in [-0.3, -0.25) is 9.69 Å². The fraction of sp³-hybridized carbons (Fsp3) is 0.300. The standard InChI is InChI=1S/C20H20F2N4OS/c21-15-4-3-14(18(22)10-15)11-25(16-5-6-16)13-20(27)24-19-7-8-23-26(19)12-17-2-1-9-28-17/h1-4,7-10,16H,5-6,11-13H2,(H,24,27). The molecule has 28 heavy (non-hydrogen) atoms. The fourth-order valence-electron chi connectivity index (χ4n) is 3.10. The number of carbonyl (C=O) groups is 1. The number of hydrogen-bond acceptors (Lipinski definition) is 4.